The van der Waals surface area contributed by atoms with E-state index in [-0.39, 0.29) is 11.2 Å². The Morgan fingerprint density at radius 2 is 1.71 bits per heavy atom. The van der Waals surface area contributed by atoms with E-state index >= 15 is 0 Å². The summed E-state index contributed by atoms with van der Waals surface area (Å²) in [6.45, 7) is 2.82. The lowest BCUT2D eigenvalue weighted by molar-refractivity contribution is 0.354. The van der Waals surface area contributed by atoms with E-state index in [2.05, 4.69) is 19.1 Å². The first-order valence-corrected chi connectivity index (χ1v) is 12.9. The van der Waals surface area contributed by atoms with E-state index in [1.807, 2.05) is 34.9 Å². The average Bonchev–Trinajstić information content (AvgIpc) is 3.27. The number of benzene rings is 2. The molecular weight excluding hydrogens is 460 g/mol. The van der Waals surface area contributed by atoms with Crippen molar-refractivity contribution >= 4 is 21.6 Å². The molecule has 0 radical (unpaired) electrons. The van der Waals surface area contributed by atoms with Crippen LogP contribution in [0.4, 0.5) is 0 Å². The average molecular weight is 491 g/mol. The fourth-order valence-corrected chi connectivity index (χ4v) is 6.36. The number of hydrogen-bond donors (Lipinski definition) is 0. The quantitative estimate of drug-likeness (QED) is 0.376. The molecule has 2 aromatic heterocycles. The lowest BCUT2D eigenvalue weighted by atomic mass is 9.97. The minimum absolute atomic E-state index is 0.161. The van der Waals surface area contributed by atoms with E-state index in [9.17, 15) is 9.59 Å². The normalized spacial score (nSPS) is 13.1. The van der Waals surface area contributed by atoms with Gasteiger partial charge < -0.3 is 9.47 Å². The number of aryl methyl sites for hydroxylation is 4. The second-order valence-corrected chi connectivity index (χ2v) is 10.2. The summed E-state index contributed by atoms with van der Waals surface area (Å²) < 4.78 is 14.0. The van der Waals surface area contributed by atoms with Gasteiger partial charge in [0, 0.05) is 11.4 Å². The molecule has 5 rings (SSSR count). The summed E-state index contributed by atoms with van der Waals surface area (Å²) in [4.78, 5) is 29.6. The first kappa shape index (κ1) is 23.4. The molecular formula is C28H30N2O4S. The van der Waals surface area contributed by atoms with Crippen molar-refractivity contribution in [3.8, 4) is 11.5 Å². The fraction of sp³-hybridized carbons (Fsp3) is 0.357. The highest BCUT2D eigenvalue weighted by molar-refractivity contribution is 7.18. The van der Waals surface area contributed by atoms with Gasteiger partial charge in [0.05, 0.1) is 26.2 Å². The van der Waals surface area contributed by atoms with Crippen LogP contribution in [0.15, 0.2) is 52.1 Å². The van der Waals surface area contributed by atoms with E-state index in [0.29, 0.717) is 31.0 Å². The van der Waals surface area contributed by atoms with Crippen LogP contribution in [-0.2, 0) is 32.4 Å². The second-order valence-electron chi connectivity index (χ2n) is 9.08. The molecule has 6 nitrogen and oxygen atoms in total. The Labute approximate surface area is 208 Å². The maximum atomic E-state index is 13.8. The molecule has 0 atom stereocenters. The van der Waals surface area contributed by atoms with Crippen molar-refractivity contribution in [2.45, 2.75) is 52.1 Å². The summed E-state index contributed by atoms with van der Waals surface area (Å²) in [7, 11) is 3.20. The van der Waals surface area contributed by atoms with Crippen molar-refractivity contribution in [3.05, 3.63) is 90.4 Å². The molecule has 0 amide bonds. The van der Waals surface area contributed by atoms with Crippen LogP contribution in [-0.4, -0.2) is 23.4 Å². The third-order valence-corrected chi connectivity index (χ3v) is 8.30. The maximum absolute atomic E-state index is 13.8. The molecule has 0 bridgehead atoms. The Morgan fingerprint density at radius 1 is 0.943 bits per heavy atom. The van der Waals surface area contributed by atoms with Gasteiger partial charge in [0.15, 0.2) is 11.5 Å². The van der Waals surface area contributed by atoms with E-state index < -0.39 is 0 Å². The van der Waals surface area contributed by atoms with Crippen LogP contribution < -0.4 is 20.7 Å². The molecule has 2 heterocycles. The zero-order valence-electron chi connectivity index (χ0n) is 20.4. The summed E-state index contributed by atoms with van der Waals surface area (Å²) in [5.41, 5.74) is 3.95. The van der Waals surface area contributed by atoms with Gasteiger partial charge in [-0.2, -0.15) is 0 Å². The van der Waals surface area contributed by atoms with E-state index in [0.717, 1.165) is 58.2 Å². The van der Waals surface area contributed by atoms with Crippen LogP contribution in [0.3, 0.4) is 0 Å². The Bertz CT molecular complexity index is 1510. The molecule has 0 N–H and O–H groups in total. The van der Waals surface area contributed by atoms with Gasteiger partial charge in [-0.1, -0.05) is 30.3 Å². The summed E-state index contributed by atoms with van der Waals surface area (Å²) in [5.74, 6) is 1.29. The van der Waals surface area contributed by atoms with Crippen LogP contribution in [0, 0.1) is 6.92 Å². The van der Waals surface area contributed by atoms with Crippen LogP contribution in [0.1, 0.15) is 40.0 Å². The van der Waals surface area contributed by atoms with Gasteiger partial charge in [-0.3, -0.25) is 13.9 Å². The number of rotatable bonds is 7. The minimum Gasteiger partial charge on any atom is -0.493 e. The summed E-state index contributed by atoms with van der Waals surface area (Å²) in [6.07, 6.45) is 4.65. The fourth-order valence-electron chi connectivity index (χ4n) is 4.99. The Morgan fingerprint density at radius 3 is 2.49 bits per heavy atom. The Kier molecular flexibility index (Phi) is 6.52. The molecule has 7 heteroatoms. The highest BCUT2D eigenvalue weighted by Crippen LogP contribution is 2.34. The lowest BCUT2D eigenvalue weighted by Gasteiger charge is -2.15. The molecule has 35 heavy (non-hydrogen) atoms. The number of methoxy groups -OCH3 is 2. The smallest absolute Gasteiger partial charge is 0.332 e. The molecule has 1 aliphatic rings. The number of thiophene rings is 1. The highest BCUT2D eigenvalue weighted by Gasteiger charge is 2.24. The number of aromatic nitrogens is 2. The summed E-state index contributed by atoms with van der Waals surface area (Å²) in [6, 6.07) is 13.8. The van der Waals surface area contributed by atoms with Crippen molar-refractivity contribution in [3.63, 3.8) is 0 Å². The molecule has 182 valence electrons. The largest absolute Gasteiger partial charge is 0.493 e. The van der Waals surface area contributed by atoms with Gasteiger partial charge in [-0.15, -0.1) is 11.3 Å². The number of ether oxygens (including phenoxy) is 2. The first-order valence-electron chi connectivity index (χ1n) is 12.0. The van der Waals surface area contributed by atoms with Gasteiger partial charge >= 0.3 is 5.69 Å². The topological polar surface area (TPSA) is 62.5 Å². The van der Waals surface area contributed by atoms with Crippen molar-refractivity contribution in [1.29, 1.82) is 0 Å². The van der Waals surface area contributed by atoms with E-state index in [1.54, 1.807) is 25.6 Å². The first-order chi connectivity index (χ1) is 17.0. The monoisotopic (exact) mass is 490 g/mol. The maximum Gasteiger partial charge on any atom is 0.332 e. The third kappa shape index (κ3) is 4.29. The van der Waals surface area contributed by atoms with Crippen LogP contribution in [0.25, 0.3) is 10.2 Å². The number of nitrogens with zero attached hydrogens (tertiary/aromatic N) is 2. The summed E-state index contributed by atoms with van der Waals surface area (Å²) in [5, 5.41) is 0.741. The minimum atomic E-state index is -0.246. The molecule has 0 aliphatic heterocycles. The van der Waals surface area contributed by atoms with Crippen molar-refractivity contribution in [1.82, 2.24) is 9.13 Å². The predicted molar refractivity (Wildman–Crippen MR) is 141 cm³/mol. The van der Waals surface area contributed by atoms with Crippen molar-refractivity contribution < 1.29 is 9.47 Å². The van der Waals surface area contributed by atoms with Gasteiger partial charge in [-0.05, 0) is 73.4 Å². The van der Waals surface area contributed by atoms with Crippen LogP contribution in [0.2, 0.25) is 0 Å². The van der Waals surface area contributed by atoms with Gasteiger partial charge in [0.2, 0.25) is 0 Å². The number of hydrogen-bond acceptors (Lipinski definition) is 5. The van der Waals surface area contributed by atoms with Gasteiger partial charge in [0.25, 0.3) is 5.56 Å². The lowest BCUT2D eigenvalue weighted by Crippen LogP contribution is -2.40. The standard InChI is InChI=1S/C28H30N2O4S/c1-18-8-4-5-9-20(18)17-30-27-25(21-10-6-7-11-24(21)35-27)26(31)29(28(30)32)15-14-19-12-13-22(33-2)23(16-19)34-3/h4-5,8-9,12-13,16H,6-7,10-11,14-15,17H2,1-3H3. The SMILES string of the molecule is COc1ccc(CCn2c(=O)c3c4c(sc3n(Cc3ccccc3C)c2=O)CCCC4)cc1OC. The molecule has 0 saturated heterocycles. The van der Waals surface area contributed by atoms with E-state index in [4.69, 9.17) is 9.47 Å². The van der Waals surface area contributed by atoms with Crippen LogP contribution in [0.5, 0.6) is 11.5 Å². The molecule has 1 aliphatic carbocycles. The van der Waals surface area contributed by atoms with E-state index in [1.165, 1.54) is 9.44 Å². The Hall–Kier alpha value is -3.32. The molecule has 0 unspecified atom stereocenters. The zero-order valence-corrected chi connectivity index (χ0v) is 21.2. The molecule has 2 aromatic carbocycles. The molecule has 4 aromatic rings. The number of fused-ring (bicyclic) bond motifs is 3. The van der Waals surface area contributed by atoms with Crippen molar-refractivity contribution in [2.75, 3.05) is 14.2 Å². The second kappa shape index (κ2) is 9.74. The third-order valence-electron chi connectivity index (χ3n) is 6.98. The van der Waals surface area contributed by atoms with Gasteiger partial charge in [0.1, 0.15) is 4.83 Å². The van der Waals surface area contributed by atoms with Crippen LogP contribution >= 0.6 is 11.3 Å². The Balaban J connectivity index is 1.61. The predicted octanol–water partition coefficient (Wildman–Crippen LogP) is 4.72. The summed E-state index contributed by atoms with van der Waals surface area (Å²) >= 11 is 1.63. The highest BCUT2D eigenvalue weighted by atomic mass is 32.1. The zero-order chi connectivity index (χ0) is 24.5. The molecule has 0 saturated carbocycles. The van der Waals surface area contributed by atoms with Crippen molar-refractivity contribution in [2.24, 2.45) is 0 Å². The molecule has 0 spiro atoms. The van der Waals surface area contributed by atoms with Gasteiger partial charge in [-0.25, -0.2) is 4.79 Å². The molecule has 0 fully saturated rings.